The van der Waals surface area contributed by atoms with Gasteiger partial charge in [0.2, 0.25) is 11.8 Å². The van der Waals surface area contributed by atoms with Crippen LogP contribution in [0.1, 0.15) is 18.8 Å². The van der Waals surface area contributed by atoms with Crippen molar-refractivity contribution >= 4 is 23.4 Å². The van der Waals surface area contributed by atoms with Gasteiger partial charge in [0.05, 0.1) is 38.0 Å². The fourth-order valence-corrected chi connectivity index (χ4v) is 2.97. The average Bonchev–Trinajstić information content (AvgIpc) is 3.16. The van der Waals surface area contributed by atoms with E-state index in [0.29, 0.717) is 37.9 Å². The molecule has 4 rings (SSSR count). The van der Waals surface area contributed by atoms with Crippen LogP contribution < -0.4 is 15.5 Å². The first-order valence-electron chi connectivity index (χ1n) is 9.39. The van der Waals surface area contributed by atoms with E-state index in [-0.39, 0.29) is 17.6 Å². The van der Waals surface area contributed by atoms with Crippen LogP contribution >= 0.6 is 0 Å². The summed E-state index contributed by atoms with van der Waals surface area (Å²) >= 11 is 0. The van der Waals surface area contributed by atoms with Gasteiger partial charge >= 0.3 is 0 Å². The SMILES string of the molecule is CC(Nc1nc(Nc2cn(C)cn2)c(F)c(N2CCOCC2)n1)c1ncc(F)cn1. The predicted octanol–water partition coefficient (Wildman–Crippen LogP) is 2.03. The summed E-state index contributed by atoms with van der Waals surface area (Å²) in [6, 6.07) is -0.434. The fraction of sp³-hybridized carbons (Fsp3) is 0.389. The third-order valence-electron chi connectivity index (χ3n) is 4.47. The number of hydrogen-bond donors (Lipinski definition) is 2. The van der Waals surface area contributed by atoms with Crippen LogP contribution in [-0.2, 0) is 11.8 Å². The number of rotatable bonds is 6. The topological polar surface area (TPSA) is 106 Å². The minimum atomic E-state index is -0.584. The molecule has 4 heterocycles. The second kappa shape index (κ2) is 8.53. The molecule has 1 saturated heterocycles. The largest absolute Gasteiger partial charge is 0.378 e. The van der Waals surface area contributed by atoms with Crippen LogP contribution in [0.2, 0.25) is 0 Å². The number of morpholine rings is 1. The average molecular weight is 417 g/mol. The lowest BCUT2D eigenvalue weighted by Gasteiger charge is -2.28. The molecule has 0 radical (unpaired) electrons. The van der Waals surface area contributed by atoms with Gasteiger partial charge in [-0.2, -0.15) is 14.4 Å². The molecule has 0 spiro atoms. The van der Waals surface area contributed by atoms with Crippen molar-refractivity contribution in [2.75, 3.05) is 41.8 Å². The molecular weight excluding hydrogens is 396 g/mol. The van der Waals surface area contributed by atoms with Gasteiger partial charge in [0.25, 0.3) is 0 Å². The molecule has 1 fully saturated rings. The molecular formula is C18H21F2N9O. The highest BCUT2D eigenvalue weighted by atomic mass is 19.1. The van der Waals surface area contributed by atoms with Gasteiger partial charge in [-0.05, 0) is 6.92 Å². The van der Waals surface area contributed by atoms with Gasteiger partial charge in [-0.1, -0.05) is 0 Å². The van der Waals surface area contributed by atoms with Crippen molar-refractivity contribution in [2.45, 2.75) is 13.0 Å². The van der Waals surface area contributed by atoms with Crippen LogP contribution in [0.3, 0.4) is 0 Å². The number of ether oxygens (including phenoxy) is 1. The van der Waals surface area contributed by atoms with Crippen molar-refractivity contribution < 1.29 is 13.5 Å². The van der Waals surface area contributed by atoms with Gasteiger partial charge in [-0.25, -0.2) is 19.3 Å². The van der Waals surface area contributed by atoms with Crippen molar-refractivity contribution in [2.24, 2.45) is 7.05 Å². The Balaban J connectivity index is 1.65. The molecule has 0 amide bonds. The van der Waals surface area contributed by atoms with E-state index in [1.165, 1.54) is 0 Å². The van der Waals surface area contributed by atoms with E-state index in [1.807, 2.05) is 7.05 Å². The molecule has 3 aromatic rings. The first kappa shape index (κ1) is 19.9. The van der Waals surface area contributed by atoms with Crippen molar-refractivity contribution in [3.05, 3.63) is 42.4 Å². The Kier molecular flexibility index (Phi) is 5.65. The zero-order valence-electron chi connectivity index (χ0n) is 16.5. The summed E-state index contributed by atoms with van der Waals surface area (Å²) in [7, 11) is 1.81. The molecule has 1 unspecified atom stereocenters. The molecule has 1 aliphatic rings. The number of nitrogens with one attached hydrogen (secondary N) is 2. The number of imidazole rings is 1. The molecule has 2 N–H and O–H groups in total. The number of halogens is 2. The molecule has 12 heteroatoms. The number of hydrogen-bond acceptors (Lipinski definition) is 9. The zero-order valence-corrected chi connectivity index (χ0v) is 16.5. The van der Waals surface area contributed by atoms with E-state index in [1.54, 1.807) is 28.9 Å². The summed E-state index contributed by atoms with van der Waals surface area (Å²) in [5, 5.41) is 5.95. The van der Waals surface area contributed by atoms with E-state index in [9.17, 15) is 4.39 Å². The van der Waals surface area contributed by atoms with Crippen molar-refractivity contribution in [3.63, 3.8) is 0 Å². The van der Waals surface area contributed by atoms with Gasteiger partial charge in [0.1, 0.15) is 11.6 Å². The Labute approximate surface area is 171 Å². The molecule has 0 aromatic carbocycles. The van der Waals surface area contributed by atoms with Gasteiger partial charge < -0.3 is 24.8 Å². The first-order valence-corrected chi connectivity index (χ1v) is 9.39. The maximum absolute atomic E-state index is 15.2. The summed E-state index contributed by atoms with van der Waals surface area (Å²) in [6.07, 6.45) is 5.47. The molecule has 30 heavy (non-hydrogen) atoms. The van der Waals surface area contributed by atoms with E-state index >= 15 is 4.39 Å². The second-order valence-corrected chi connectivity index (χ2v) is 6.81. The van der Waals surface area contributed by atoms with Gasteiger partial charge in [-0.3, -0.25) is 0 Å². The van der Waals surface area contributed by atoms with Crippen molar-refractivity contribution in [1.29, 1.82) is 0 Å². The first-order chi connectivity index (χ1) is 14.5. The summed E-state index contributed by atoms with van der Waals surface area (Å²) in [5.74, 6) is 0.0118. The van der Waals surface area contributed by atoms with E-state index in [0.717, 1.165) is 12.4 Å². The molecule has 158 valence electrons. The van der Waals surface area contributed by atoms with Crippen LogP contribution in [0.5, 0.6) is 0 Å². The van der Waals surface area contributed by atoms with Crippen LogP contribution in [0.25, 0.3) is 0 Å². The van der Waals surface area contributed by atoms with Crippen LogP contribution in [0, 0.1) is 11.6 Å². The van der Waals surface area contributed by atoms with E-state index in [4.69, 9.17) is 4.74 Å². The Morgan fingerprint density at radius 2 is 1.83 bits per heavy atom. The van der Waals surface area contributed by atoms with Crippen LogP contribution in [0.15, 0.2) is 24.9 Å². The van der Waals surface area contributed by atoms with Gasteiger partial charge in [0.15, 0.2) is 17.5 Å². The molecule has 1 atom stereocenters. The maximum Gasteiger partial charge on any atom is 0.227 e. The highest BCUT2D eigenvalue weighted by Gasteiger charge is 2.23. The lowest BCUT2D eigenvalue weighted by atomic mass is 10.3. The molecule has 0 bridgehead atoms. The minimum absolute atomic E-state index is 0.0140. The number of anilines is 4. The maximum atomic E-state index is 15.2. The summed E-state index contributed by atoms with van der Waals surface area (Å²) in [4.78, 5) is 22.5. The quantitative estimate of drug-likeness (QED) is 0.623. The van der Waals surface area contributed by atoms with Crippen LogP contribution in [-0.4, -0.2) is 55.8 Å². The zero-order chi connectivity index (χ0) is 21.1. The highest BCUT2D eigenvalue weighted by Crippen LogP contribution is 2.28. The van der Waals surface area contributed by atoms with Crippen LogP contribution in [0.4, 0.5) is 32.2 Å². The lowest BCUT2D eigenvalue weighted by molar-refractivity contribution is 0.122. The van der Waals surface area contributed by atoms with Crippen molar-refractivity contribution in [1.82, 2.24) is 29.5 Å². The number of aryl methyl sites for hydroxylation is 1. The minimum Gasteiger partial charge on any atom is -0.378 e. The highest BCUT2D eigenvalue weighted by molar-refractivity contribution is 5.61. The number of aromatic nitrogens is 6. The normalized spacial score (nSPS) is 15.1. The molecule has 1 aliphatic heterocycles. The fourth-order valence-electron chi connectivity index (χ4n) is 2.97. The monoisotopic (exact) mass is 417 g/mol. The van der Waals surface area contributed by atoms with Gasteiger partial charge in [-0.15, -0.1) is 0 Å². The molecule has 10 nitrogen and oxygen atoms in total. The Morgan fingerprint density at radius 1 is 1.10 bits per heavy atom. The Morgan fingerprint density at radius 3 is 2.50 bits per heavy atom. The second-order valence-electron chi connectivity index (χ2n) is 6.81. The predicted molar refractivity (Wildman–Crippen MR) is 106 cm³/mol. The Bertz CT molecular complexity index is 1010. The number of nitrogens with zero attached hydrogens (tertiary/aromatic N) is 7. The van der Waals surface area contributed by atoms with Crippen molar-refractivity contribution in [3.8, 4) is 0 Å². The van der Waals surface area contributed by atoms with E-state index in [2.05, 4.69) is 35.6 Å². The van der Waals surface area contributed by atoms with Gasteiger partial charge in [0, 0.05) is 26.3 Å². The lowest BCUT2D eigenvalue weighted by Crippen LogP contribution is -2.37. The molecule has 0 aliphatic carbocycles. The third-order valence-corrected chi connectivity index (χ3v) is 4.47. The summed E-state index contributed by atoms with van der Waals surface area (Å²) in [5.41, 5.74) is 0. The standard InChI is InChI=1S/C18H21F2N9O/c1-11(15-21-7-12(19)8-22-15)24-18-26-16(25-13-9-28(2)10-23-13)14(20)17(27-18)29-3-5-30-6-4-29/h7-11H,3-6H2,1-2H3,(H2,24,25,26,27). The van der Waals surface area contributed by atoms with E-state index < -0.39 is 17.7 Å². The summed E-state index contributed by atoms with van der Waals surface area (Å²) in [6.45, 7) is 3.75. The summed E-state index contributed by atoms with van der Waals surface area (Å²) < 4.78 is 35.4. The smallest absolute Gasteiger partial charge is 0.227 e. The third kappa shape index (κ3) is 4.43. The Hall–Kier alpha value is -3.41. The molecule has 3 aromatic heterocycles. The molecule has 0 saturated carbocycles.